The van der Waals surface area contributed by atoms with Crippen LogP contribution in [-0.4, -0.2) is 34.7 Å². The van der Waals surface area contributed by atoms with Crippen molar-refractivity contribution < 1.29 is 9.53 Å². The van der Waals surface area contributed by atoms with Crippen LogP contribution < -0.4 is 10.1 Å². The van der Waals surface area contributed by atoms with Gasteiger partial charge in [0.25, 0.3) is 5.91 Å². The maximum absolute atomic E-state index is 13.3. The molecule has 8 heteroatoms. The van der Waals surface area contributed by atoms with Crippen LogP contribution in [0.1, 0.15) is 71.4 Å². The Labute approximate surface area is 242 Å². The molecule has 0 spiro atoms. The first-order valence-electron chi connectivity index (χ1n) is 13.1. The summed E-state index contributed by atoms with van der Waals surface area (Å²) in [5.41, 5.74) is 6.72. The maximum atomic E-state index is 13.3. The molecule has 1 N–H and O–H groups in total. The minimum Gasteiger partial charge on any atom is -0.494 e. The van der Waals surface area contributed by atoms with Crippen LogP contribution in [0.3, 0.4) is 0 Å². The predicted molar refractivity (Wildman–Crippen MR) is 160 cm³/mol. The number of hydrogen-bond acceptors (Lipinski definition) is 6. The van der Waals surface area contributed by atoms with Crippen molar-refractivity contribution in [2.75, 3.05) is 13.7 Å². The Morgan fingerprint density at radius 2 is 1.90 bits per heavy atom. The number of benzene rings is 2. The van der Waals surface area contributed by atoms with E-state index in [0.717, 1.165) is 44.4 Å². The maximum Gasteiger partial charge on any atom is 0.251 e. The quantitative estimate of drug-likeness (QED) is 0.222. The zero-order valence-electron chi connectivity index (χ0n) is 22.5. The van der Waals surface area contributed by atoms with Gasteiger partial charge in [0.05, 0.1) is 30.1 Å². The molecule has 39 heavy (non-hydrogen) atoms. The number of hydrogen-bond donors (Lipinski definition) is 1. The van der Waals surface area contributed by atoms with E-state index < -0.39 is 0 Å². The van der Waals surface area contributed by atoms with Gasteiger partial charge in [0.1, 0.15) is 11.3 Å². The molecule has 1 fully saturated rings. The van der Waals surface area contributed by atoms with Crippen LogP contribution in [-0.2, 0) is 0 Å². The van der Waals surface area contributed by atoms with E-state index in [4.69, 9.17) is 9.72 Å². The first-order chi connectivity index (χ1) is 18.8. The van der Waals surface area contributed by atoms with E-state index >= 15 is 0 Å². The Balaban J connectivity index is 1.46. The van der Waals surface area contributed by atoms with Crippen molar-refractivity contribution in [1.29, 1.82) is 5.26 Å². The van der Waals surface area contributed by atoms with Gasteiger partial charge in [-0.25, -0.2) is 0 Å². The number of rotatable bonds is 8. The van der Waals surface area contributed by atoms with E-state index in [2.05, 4.69) is 64.1 Å². The Bertz CT molecular complexity index is 1590. The third-order valence-electron chi connectivity index (χ3n) is 7.23. The highest BCUT2D eigenvalue weighted by Crippen LogP contribution is 2.43. The summed E-state index contributed by atoms with van der Waals surface area (Å²) < 4.78 is 6.63. The minimum atomic E-state index is -0.155. The van der Waals surface area contributed by atoms with Crippen LogP contribution in [0.25, 0.3) is 22.2 Å². The summed E-state index contributed by atoms with van der Waals surface area (Å²) in [6.07, 6.45) is 2.25. The predicted octanol–water partition coefficient (Wildman–Crippen LogP) is 6.53. The Morgan fingerprint density at radius 1 is 1.15 bits per heavy atom. The number of nitrogens with zero attached hydrogens (tertiary/aromatic N) is 4. The summed E-state index contributed by atoms with van der Waals surface area (Å²) in [5.74, 6) is 1.28. The number of pyridine rings is 1. The highest BCUT2D eigenvalue weighted by Gasteiger charge is 2.34. The highest BCUT2D eigenvalue weighted by molar-refractivity contribution is 14.1. The monoisotopic (exact) mass is 631 g/mol. The second-order valence-corrected chi connectivity index (χ2v) is 11.5. The molecule has 1 aliphatic rings. The third kappa shape index (κ3) is 5.74. The third-order valence-corrected chi connectivity index (χ3v) is 8.36. The van der Waals surface area contributed by atoms with Crippen molar-refractivity contribution in [1.82, 2.24) is 20.5 Å². The Morgan fingerprint density at radius 3 is 2.54 bits per heavy atom. The largest absolute Gasteiger partial charge is 0.494 e. The van der Waals surface area contributed by atoms with Crippen LogP contribution in [0.4, 0.5) is 0 Å². The van der Waals surface area contributed by atoms with Crippen molar-refractivity contribution in [3.63, 3.8) is 0 Å². The van der Waals surface area contributed by atoms with E-state index in [1.54, 1.807) is 13.2 Å². The highest BCUT2D eigenvalue weighted by atomic mass is 127. The molecule has 1 amide bonds. The molecule has 1 saturated carbocycles. The van der Waals surface area contributed by atoms with Gasteiger partial charge in [-0.1, -0.05) is 26.0 Å². The lowest BCUT2D eigenvalue weighted by molar-refractivity contribution is 0.0950. The number of methoxy groups -OCH3 is 1. The van der Waals surface area contributed by atoms with E-state index in [-0.39, 0.29) is 11.8 Å². The molecule has 2 heterocycles. The van der Waals surface area contributed by atoms with Crippen molar-refractivity contribution in [3.05, 3.63) is 80.2 Å². The molecule has 0 saturated heterocycles. The SMILES string of the molecule is COc1cc(C(=O)NCC(c2cc(C(C)C)c(I)c(-c3ccc(C#N)cc3)n2)C2CC2)cc2cc(C)nnc12. The molecule has 0 bridgehead atoms. The van der Waals surface area contributed by atoms with Crippen molar-refractivity contribution >= 4 is 39.4 Å². The van der Waals surface area contributed by atoms with Gasteiger partial charge < -0.3 is 10.1 Å². The van der Waals surface area contributed by atoms with Gasteiger partial charge in [-0.05, 0) is 96.2 Å². The van der Waals surface area contributed by atoms with Gasteiger partial charge in [0.2, 0.25) is 0 Å². The zero-order valence-corrected chi connectivity index (χ0v) is 24.6. The summed E-state index contributed by atoms with van der Waals surface area (Å²) >= 11 is 2.39. The lowest BCUT2D eigenvalue weighted by atomic mass is 9.93. The molecular weight excluding hydrogens is 601 g/mol. The molecule has 2 aromatic heterocycles. The number of aryl methyl sites for hydroxylation is 1. The molecule has 5 rings (SSSR count). The second-order valence-electron chi connectivity index (χ2n) is 10.4. The van der Waals surface area contributed by atoms with E-state index in [9.17, 15) is 10.1 Å². The molecule has 1 atom stereocenters. The number of amides is 1. The summed E-state index contributed by atoms with van der Waals surface area (Å²) in [6, 6.07) is 17.5. The fourth-order valence-electron chi connectivity index (χ4n) is 4.91. The summed E-state index contributed by atoms with van der Waals surface area (Å²) in [6.45, 7) is 6.75. The van der Waals surface area contributed by atoms with Crippen LogP contribution in [0.15, 0.2) is 48.5 Å². The fraction of sp³-hybridized carbons (Fsp3) is 0.323. The van der Waals surface area contributed by atoms with Crippen LogP contribution in [0.5, 0.6) is 5.75 Å². The van der Waals surface area contributed by atoms with Gasteiger partial charge in [-0.15, -0.1) is 5.10 Å². The van der Waals surface area contributed by atoms with E-state index in [1.807, 2.05) is 43.3 Å². The first-order valence-corrected chi connectivity index (χ1v) is 14.2. The molecule has 4 aromatic rings. The van der Waals surface area contributed by atoms with Crippen LogP contribution in [0.2, 0.25) is 0 Å². The second kappa shape index (κ2) is 11.3. The molecule has 0 radical (unpaired) electrons. The number of nitriles is 1. The molecule has 1 unspecified atom stereocenters. The van der Waals surface area contributed by atoms with Crippen molar-refractivity contribution in [2.24, 2.45) is 5.92 Å². The smallest absolute Gasteiger partial charge is 0.251 e. The topological polar surface area (TPSA) is 101 Å². The molecular formula is C31H30IN5O2. The molecule has 0 aliphatic heterocycles. The Hall–Kier alpha value is -3.58. The molecule has 198 valence electrons. The van der Waals surface area contributed by atoms with Gasteiger partial charge in [0.15, 0.2) is 0 Å². The number of carbonyl (C=O) groups is 1. The van der Waals surface area contributed by atoms with Crippen LogP contribution >= 0.6 is 22.6 Å². The average molecular weight is 632 g/mol. The van der Waals surface area contributed by atoms with E-state index in [0.29, 0.717) is 40.8 Å². The van der Waals surface area contributed by atoms with Crippen LogP contribution in [0, 0.1) is 27.7 Å². The number of nitrogens with one attached hydrogen (secondary N) is 1. The fourth-order valence-corrected chi connectivity index (χ4v) is 6.12. The summed E-state index contributed by atoms with van der Waals surface area (Å²) in [5, 5.41) is 21.6. The van der Waals surface area contributed by atoms with Crippen molar-refractivity contribution in [2.45, 2.75) is 45.4 Å². The number of carbonyl (C=O) groups excluding carboxylic acids is 1. The van der Waals surface area contributed by atoms with Gasteiger partial charge in [0, 0.05) is 38.2 Å². The standard InChI is InChI=1S/C31H30IN5O2/c1-17(2)24-14-26(35-30(28(24)32)21-7-5-19(15-33)6-8-21)25(20-9-10-20)16-34-31(38)23-12-22-11-18(3)36-37-29(22)27(13-23)39-4/h5-8,11-14,17,20,25H,9-10,16H2,1-4H3,(H,34,38). The normalized spacial score (nSPS) is 13.8. The number of halogens is 1. The molecule has 2 aromatic carbocycles. The Kier molecular flexibility index (Phi) is 7.80. The summed E-state index contributed by atoms with van der Waals surface area (Å²) in [7, 11) is 1.57. The zero-order chi connectivity index (χ0) is 27.7. The minimum absolute atomic E-state index is 0.107. The number of fused-ring (bicyclic) bond motifs is 1. The first kappa shape index (κ1) is 27.0. The number of ether oxygens (including phenoxy) is 1. The lowest BCUT2D eigenvalue weighted by Gasteiger charge is -2.21. The van der Waals surface area contributed by atoms with Gasteiger partial charge >= 0.3 is 0 Å². The van der Waals surface area contributed by atoms with Crippen molar-refractivity contribution in [3.8, 4) is 23.1 Å². The number of aromatic nitrogens is 3. The molecule has 7 nitrogen and oxygen atoms in total. The van der Waals surface area contributed by atoms with Gasteiger partial charge in [-0.3, -0.25) is 9.78 Å². The average Bonchev–Trinajstić information content (AvgIpc) is 3.78. The lowest BCUT2D eigenvalue weighted by Crippen LogP contribution is -2.30. The van der Waals surface area contributed by atoms with Gasteiger partial charge in [-0.2, -0.15) is 10.4 Å². The van der Waals surface area contributed by atoms with E-state index in [1.165, 1.54) is 5.56 Å². The summed E-state index contributed by atoms with van der Waals surface area (Å²) in [4.78, 5) is 18.5. The molecule has 1 aliphatic carbocycles.